The lowest BCUT2D eigenvalue weighted by atomic mass is 9.82. The van der Waals surface area contributed by atoms with Gasteiger partial charge in [-0.2, -0.15) is 0 Å². The maximum atomic E-state index is 5.42. The van der Waals surface area contributed by atoms with E-state index in [9.17, 15) is 0 Å². The van der Waals surface area contributed by atoms with Gasteiger partial charge in [-0.05, 0) is 39.0 Å². The maximum Gasteiger partial charge on any atom is 0.0965 e. The highest BCUT2D eigenvalue weighted by Gasteiger charge is 2.26. The van der Waals surface area contributed by atoms with Crippen molar-refractivity contribution in [2.45, 2.75) is 52.6 Å². The Morgan fingerprint density at radius 3 is 2.63 bits per heavy atom. The van der Waals surface area contributed by atoms with E-state index < -0.39 is 0 Å². The standard InChI is InChI=1S/C14H26N4O/c1-13(2,3)18-10-12(16-17-18)9-15-11-14(4)5-7-19-8-6-14/h10,15H,5-9,11H2,1-4H3. The van der Waals surface area contributed by atoms with Crippen LogP contribution >= 0.6 is 0 Å². The lowest BCUT2D eigenvalue weighted by Gasteiger charge is -2.33. The summed E-state index contributed by atoms with van der Waals surface area (Å²) in [6.07, 6.45) is 4.29. The first-order chi connectivity index (χ1) is 8.89. The zero-order valence-electron chi connectivity index (χ0n) is 12.6. The Morgan fingerprint density at radius 2 is 2.05 bits per heavy atom. The van der Waals surface area contributed by atoms with Crippen LogP contribution in [0.3, 0.4) is 0 Å². The van der Waals surface area contributed by atoms with Crippen LogP contribution < -0.4 is 5.32 Å². The molecule has 2 heterocycles. The summed E-state index contributed by atoms with van der Waals surface area (Å²) in [5.74, 6) is 0. The van der Waals surface area contributed by atoms with Gasteiger partial charge in [0.25, 0.3) is 0 Å². The van der Waals surface area contributed by atoms with E-state index in [1.807, 2.05) is 10.9 Å². The van der Waals surface area contributed by atoms with Crippen LogP contribution in [0.2, 0.25) is 0 Å². The van der Waals surface area contributed by atoms with Crippen LogP contribution in [0.5, 0.6) is 0 Å². The fourth-order valence-corrected chi connectivity index (χ4v) is 2.24. The van der Waals surface area contributed by atoms with Gasteiger partial charge in [0.2, 0.25) is 0 Å². The fraction of sp³-hybridized carbons (Fsp3) is 0.857. The van der Waals surface area contributed by atoms with Crippen molar-refractivity contribution in [2.75, 3.05) is 19.8 Å². The molecule has 1 aromatic heterocycles. The summed E-state index contributed by atoms with van der Waals surface area (Å²) in [6.45, 7) is 12.3. The van der Waals surface area contributed by atoms with Crippen molar-refractivity contribution in [3.8, 4) is 0 Å². The predicted octanol–water partition coefficient (Wildman–Crippen LogP) is 1.94. The quantitative estimate of drug-likeness (QED) is 0.905. The van der Waals surface area contributed by atoms with E-state index in [4.69, 9.17) is 4.74 Å². The van der Waals surface area contributed by atoms with Crippen LogP contribution in [-0.2, 0) is 16.8 Å². The van der Waals surface area contributed by atoms with Crippen molar-refractivity contribution in [2.24, 2.45) is 5.41 Å². The molecule has 108 valence electrons. The number of aromatic nitrogens is 3. The van der Waals surface area contributed by atoms with Crippen molar-refractivity contribution in [3.63, 3.8) is 0 Å². The Balaban J connectivity index is 1.81. The third-order valence-electron chi connectivity index (χ3n) is 3.79. The molecule has 5 nitrogen and oxygen atoms in total. The molecular weight excluding hydrogens is 240 g/mol. The highest BCUT2D eigenvalue weighted by atomic mass is 16.5. The minimum atomic E-state index is -0.00205. The number of nitrogens with one attached hydrogen (secondary N) is 1. The SMILES string of the molecule is CC1(CNCc2cn(C(C)(C)C)nn2)CCOCC1. The normalized spacial score (nSPS) is 19.6. The third kappa shape index (κ3) is 4.01. The molecule has 1 aliphatic rings. The van der Waals surface area contributed by atoms with Gasteiger partial charge in [-0.25, -0.2) is 4.68 Å². The molecule has 0 spiro atoms. The van der Waals surface area contributed by atoms with E-state index in [2.05, 4.69) is 43.3 Å². The Kier molecular flexibility index (Phi) is 4.26. The molecular formula is C14H26N4O. The Hall–Kier alpha value is -0.940. The second-order valence-electron chi connectivity index (χ2n) is 6.85. The zero-order valence-corrected chi connectivity index (χ0v) is 12.6. The van der Waals surface area contributed by atoms with Crippen molar-refractivity contribution in [1.82, 2.24) is 20.3 Å². The summed E-state index contributed by atoms with van der Waals surface area (Å²) in [4.78, 5) is 0. The lowest BCUT2D eigenvalue weighted by molar-refractivity contribution is 0.0239. The van der Waals surface area contributed by atoms with E-state index in [1.165, 1.54) is 0 Å². The Labute approximate surface area is 115 Å². The van der Waals surface area contributed by atoms with Crippen LogP contribution in [0, 0.1) is 5.41 Å². The van der Waals surface area contributed by atoms with Gasteiger partial charge in [0, 0.05) is 26.3 Å². The molecule has 0 saturated carbocycles. The molecule has 0 aliphatic carbocycles. The highest BCUT2D eigenvalue weighted by molar-refractivity contribution is 4.94. The summed E-state index contributed by atoms with van der Waals surface area (Å²) < 4.78 is 7.33. The average Bonchev–Trinajstić information content (AvgIpc) is 2.78. The van der Waals surface area contributed by atoms with Crippen LogP contribution in [-0.4, -0.2) is 34.8 Å². The predicted molar refractivity (Wildman–Crippen MR) is 74.9 cm³/mol. The average molecular weight is 266 g/mol. The minimum Gasteiger partial charge on any atom is -0.381 e. The van der Waals surface area contributed by atoms with E-state index in [0.29, 0.717) is 5.41 Å². The number of hydrogen-bond donors (Lipinski definition) is 1. The van der Waals surface area contributed by atoms with E-state index in [-0.39, 0.29) is 5.54 Å². The molecule has 5 heteroatoms. The smallest absolute Gasteiger partial charge is 0.0965 e. The second kappa shape index (κ2) is 5.59. The van der Waals surface area contributed by atoms with Gasteiger partial charge in [0.1, 0.15) is 0 Å². The summed E-state index contributed by atoms with van der Waals surface area (Å²) in [6, 6.07) is 0. The largest absolute Gasteiger partial charge is 0.381 e. The first-order valence-electron chi connectivity index (χ1n) is 7.09. The molecule has 0 atom stereocenters. The fourth-order valence-electron chi connectivity index (χ4n) is 2.24. The van der Waals surface area contributed by atoms with E-state index >= 15 is 0 Å². The zero-order chi connectivity index (χ0) is 13.9. The van der Waals surface area contributed by atoms with Crippen LogP contribution in [0.1, 0.15) is 46.2 Å². The third-order valence-corrected chi connectivity index (χ3v) is 3.79. The van der Waals surface area contributed by atoms with Gasteiger partial charge in [-0.15, -0.1) is 5.10 Å². The van der Waals surface area contributed by atoms with Gasteiger partial charge >= 0.3 is 0 Å². The van der Waals surface area contributed by atoms with Crippen molar-refractivity contribution >= 4 is 0 Å². The molecule has 2 rings (SSSR count). The Morgan fingerprint density at radius 1 is 1.37 bits per heavy atom. The van der Waals surface area contributed by atoms with Gasteiger partial charge < -0.3 is 10.1 Å². The molecule has 0 bridgehead atoms. The summed E-state index contributed by atoms with van der Waals surface area (Å²) in [7, 11) is 0. The van der Waals surface area contributed by atoms with Gasteiger partial charge in [0.05, 0.1) is 17.4 Å². The Bertz CT molecular complexity index is 402. The molecule has 1 aliphatic heterocycles. The topological polar surface area (TPSA) is 52.0 Å². The lowest BCUT2D eigenvalue weighted by Crippen LogP contribution is -2.36. The molecule has 0 radical (unpaired) electrons. The van der Waals surface area contributed by atoms with Crippen LogP contribution in [0.4, 0.5) is 0 Å². The molecule has 1 saturated heterocycles. The van der Waals surface area contributed by atoms with Crippen LogP contribution in [0.25, 0.3) is 0 Å². The summed E-state index contributed by atoms with van der Waals surface area (Å²) in [5.41, 5.74) is 1.36. The molecule has 1 aromatic rings. The molecule has 0 amide bonds. The molecule has 0 unspecified atom stereocenters. The number of rotatable bonds is 4. The van der Waals surface area contributed by atoms with E-state index in [0.717, 1.165) is 44.8 Å². The minimum absolute atomic E-state index is 0.00205. The molecule has 19 heavy (non-hydrogen) atoms. The number of nitrogens with zero attached hydrogens (tertiary/aromatic N) is 3. The highest BCUT2D eigenvalue weighted by Crippen LogP contribution is 2.28. The second-order valence-corrected chi connectivity index (χ2v) is 6.85. The van der Waals surface area contributed by atoms with E-state index in [1.54, 1.807) is 0 Å². The summed E-state index contributed by atoms with van der Waals surface area (Å²) in [5, 5.41) is 11.9. The number of hydrogen-bond acceptors (Lipinski definition) is 4. The first-order valence-corrected chi connectivity index (χ1v) is 7.09. The monoisotopic (exact) mass is 266 g/mol. The van der Waals surface area contributed by atoms with Crippen LogP contribution in [0.15, 0.2) is 6.20 Å². The van der Waals surface area contributed by atoms with Gasteiger partial charge in [-0.1, -0.05) is 12.1 Å². The molecule has 0 aromatic carbocycles. The molecule has 1 fully saturated rings. The van der Waals surface area contributed by atoms with Gasteiger partial charge in [0.15, 0.2) is 0 Å². The van der Waals surface area contributed by atoms with Gasteiger partial charge in [-0.3, -0.25) is 0 Å². The van der Waals surface area contributed by atoms with Crippen molar-refractivity contribution < 1.29 is 4.74 Å². The molecule has 1 N–H and O–H groups in total. The summed E-state index contributed by atoms with van der Waals surface area (Å²) >= 11 is 0. The van der Waals surface area contributed by atoms with Crippen molar-refractivity contribution in [3.05, 3.63) is 11.9 Å². The number of ether oxygens (including phenoxy) is 1. The first kappa shape index (κ1) is 14.5. The maximum absolute atomic E-state index is 5.42. The van der Waals surface area contributed by atoms with Crippen molar-refractivity contribution in [1.29, 1.82) is 0 Å².